The van der Waals surface area contributed by atoms with Crippen molar-refractivity contribution < 1.29 is 0 Å². The first-order chi connectivity index (χ1) is 3.97. The quantitative estimate of drug-likeness (QED) is 0.499. The molecule has 0 aromatic heterocycles. The Hall–Kier alpha value is -1.04. The van der Waals surface area contributed by atoms with E-state index in [9.17, 15) is 0 Å². The lowest BCUT2D eigenvalue weighted by molar-refractivity contribution is 1.58. The van der Waals surface area contributed by atoms with Crippen molar-refractivity contribution >= 4 is 12.2 Å². The lowest BCUT2D eigenvalue weighted by Gasteiger charge is -2.06. The van der Waals surface area contributed by atoms with Crippen LogP contribution in [-0.4, -0.2) is 0 Å². The summed E-state index contributed by atoms with van der Waals surface area (Å²) in [6.07, 6.45) is 4.24. The lowest BCUT2D eigenvalue weighted by atomic mass is 9.99. The van der Waals surface area contributed by atoms with E-state index in [2.05, 4.69) is 36.4 Å². The molecule has 0 heterocycles. The molecule has 0 spiro atoms. The number of hydrogen-bond donors (Lipinski definition) is 0. The second-order valence-corrected chi connectivity index (χ2v) is 1.96. The molecule has 0 unspecified atom stereocenters. The van der Waals surface area contributed by atoms with E-state index >= 15 is 0 Å². The van der Waals surface area contributed by atoms with Crippen LogP contribution < -0.4 is 0 Å². The van der Waals surface area contributed by atoms with E-state index in [-0.39, 0.29) is 7.43 Å². The van der Waals surface area contributed by atoms with E-state index in [4.69, 9.17) is 0 Å². The van der Waals surface area contributed by atoms with Crippen molar-refractivity contribution in [1.82, 2.24) is 0 Å². The standard InChI is InChI=1S/C8H6.CH4/c1-2-4-8-6-5-7(8)3-1;/h1-6H;1H4. The predicted octanol–water partition coefficient (Wildman–Crippen LogP) is 2.81. The Morgan fingerprint density at radius 1 is 0.778 bits per heavy atom. The molecule has 0 heteroatoms. The lowest BCUT2D eigenvalue weighted by Crippen LogP contribution is -1.85. The van der Waals surface area contributed by atoms with E-state index in [1.165, 1.54) is 11.1 Å². The van der Waals surface area contributed by atoms with E-state index < -0.39 is 0 Å². The zero-order valence-corrected chi connectivity index (χ0v) is 4.46. The van der Waals surface area contributed by atoms with Crippen molar-refractivity contribution in [2.24, 2.45) is 0 Å². The molecule has 1 aliphatic rings. The second kappa shape index (κ2) is 2.06. The highest BCUT2D eigenvalue weighted by atomic mass is 14.0. The first-order valence-corrected chi connectivity index (χ1v) is 2.74. The molecule has 0 atom stereocenters. The third kappa shape index (κ3) is 0.765. The van der Waals surface area contributed by atoms with Gasteiger partial charge in [0, 0.05) is 0 Å². The topological polar surface area (TPSA) is 0 Å². The predicted molar refractivity (Wildman–Crippen MR) is 42.1 cm³/mol. The highest BCUT2D eigenvalue weighted by Crippen LogP contribution is 2.21. The minimum absolute atomic E-state index is 0. The van der Waals surface area contributed by atoms with Crippen LogP contribution in [-0.2, 0) is 0 Å². The van der Waals surface area contributed by atoms with E-state index in [0.717, 1.165) is 0 Å². The first kappa shape index (κ1) is 6.09. The molecular formula is C9H10. The molecule has 0 N–H and O–H groups in total. The van der Waals surface area contributed by atoms with Gasteiger partial charge in [-0.1, -0.05) is 43.8 Å². The molecule has 1 aliphatic carbocycles. The van der Waals surface area contributed by atoms with Crippen LogP contribution in [0.25, 0.3) is 12.2 Å². The zero-order valence-electron chi connectivity index (χ0n) is 4.46. The molecule has 0 aliphatic heterocycles. The summed E-state index contributed by atoms with van der Waals surface area (Å²) in [6, 6.07) is 8.36. The van der Waals surface area contributed by atoms with Gasteiger partial charge in [0.1, 0.15) is 0 Å². The summed E-state index contributed by atoms with van der Waals surface area (Å²) in [5.41, 5.74) is 2.74. The molecule has 0 saturated carbocycles. The van der Waals surface area contributed by atoms with Crippen LogP contribution in [0.3, 0.4) is 0 Å². The Labute approximate surface area is 55.8 Å². The third-order valence-corrected chi connectivity index (χ3v) is 1.44. The van der Waals surface area contributed by atoms with Crippen molar-refractivity contribution in [2.45, 2.75) is 7.43 Å². The SMILES string of the molecule is C.C1=Cc2ccccc21. The van der Waals surface area contributed by atoms with Crippen molar-refractivity contribution in [2.75, 3.05) is 0 Å². The third-order valence-electron chi connectivity index (χ3n) is 1.44. The van der Waals surface area contributed by atoms with E-state index in [0.29, 0.717) is 0 Å². The van der Waals surface area contributed by atoms with Crippen LogP contribution >= 0.6 is 0 Å². The molecule has 2 rings (SSSR count). The van der Waals surface area contributed by atoms with Gasteiger partial charge in [0.2, 0.25) is 0 Å². The smallest absolute Gasteiger partial charge is 0.0184 e. The van der Waals surface area contributed by atoms with Gasteiger partial charge in [0.05, 0.1) is 0 Å². The summed E-state index contributed by atoms with van der Waals surface area (Å²) in [5, 5.41) is 0. The van der Waals surface area contributed by atoms with Crippen molar-refractivity contribution in [1.29, 1.82) is 0 Å². The van der Waals surface area contributed by atoms with Crippen molar-refractivity contribution in [3.8, 4) is 0 Å². The second-order valence-electron chi connectivity index (χ2n) is 1.96. The molecule has 0 amide bonds. The van der Waals surface area contributed by atoms with Gasteiger partial charge in [0.25, 0.3) is 0 Å². The monoisotopic (exact) mass is 118 g/mol. The van der Waals surface area contributed by atoms with Gasteiger partial charge >= 0.3 is 0 Å². The molecule has 0 bridgehead atoms. The highest BCUT2D eigenvalue weighted by Gasteiger charge is 1.99. The number of hydrogen-bond acceptors (Lipinski definition) is 0. The Morgan fingerprint density at radius 2 is 1.22 bits per heavy atom. The van der Waals surface area contributed by atoms with Crippen LogP contribution in [0.5, 0.6) is 0 Å². The zero-order chi connectivity index (χ0) is 5.40. The summed E-state index contributed by atoms with van der Waals surface area (Å²) >= 11 is 0. The summed E-state index contributed by atoms with van der Waals surface area (Å²) in [7, 11) is 0. The van der Waals surface area contributed by atoms with Gasteiger partial charge in [0.15, 0.2) is 0 Å². The Morgan fingerprint density at radius 3 is 1.44 bits per heavy atom. The molecule has 0 saturated heterocycles. The van der Waals surface area contributed by atoms with Crippen LogP contribution in [0.2, 0.25) is 0 Å². The molecule has 0 fully saturated rings. The Bertz CT molecular complexity index is 209. The number of benzene rings is 1. The Kier molecular flexibility index (Phi) is 1.39. The Balaban J connectivity index is 0.000000405. The van der Waals surface area contributed by atoms with Gasteiger partial charge in [-0.25, -0.2) is 0 Å². The minimum Gasteiger partial charge on any atom is -0.0776 e. The number of fused-ring (bicyclic) bond motifs is 1. The molecular weight excluding hydrogens is 108 g/mol. The van der Waals surface area contributed by atoms with Gasteiger partial charge in [-0.3, -0.25) is 0 Å². The van der Waals surface area contributed by atoms with Gasteiger partial charge < -0.3 is 0 Å². The fourth-order valence-corrected chi connectivity index (χ4v) is 0.898. The summed E-state index contributed by atoms with van der Waals surface area (Å²) in [6.45, 7) is 0. The maximum Gasteiger partial charge on any atom is -0.0184 e. The van der Waals surface area contributed by atoms with Gasteiger partial charge in [-0.15, -0.1) is 0 Å². The number of rotatable bonds is 0. The van der Waals surface area contributed by atoms with E-state index in [1.807, 2.05) is 0 Å². The largest absolute Gasteiger partial charge is 0.0776 e. The average Bonchev–Trinajstić information content (AvgIpc) is 1.72. The molecule has 1 aromatic carbocycles. The van der Waals surface area contributed by atoms with Crippen LogP contribution in [0.4, 0.5) is 0 Å². The molecule has 46 valence electrons. The minimum atomic E-state index is 0. The normalized spacial score (nSPS) is 11.1. The van der Waals surface area contributed by atoms with Gasteiger partial charge in [-0.05, 0) is 11.1 Å². The van der Waals surface area contributed by atoms with Crippen LogP contribution in [0.1, 0.15) is 18.6 Å². The molecule has 0 radical (unpaired) electrons. The summed E-state index contributed by atoms with van der Waals surface area (Å²) in [5.74, 6) is 0. The fraction of sp³-hybridized carbons (Fsp3) is 0.111. The van der Waals surface area contributed by atoms with Crippen molar-refractivity contribution in [3.63, 3.8) is 0 Å². The summed E-state index contributed by atoms with van der Waals surface area (Å²) in [4.78, 5) is 0. The first-order valence-electron chi connectivity index (χ1n) is 2.74. The average molecular weight is 118 g/mol. The van der Waals surface area contributed by atoms with Gasteiger partial charge in [-0.2, -0.15) is 0 Å². The summed E-state index contributed by atoms with van der Waals surface area (Å²) < 4.78 is 0. The molecule has 0 nitrogen and oxygen atoms in total. The van der Waals surface area contributed by atoms with E-state index in [1.54, 1.807) is 0 Å². The van der Waals surface area contributed by atoms with Crippen LogP contribution in [0, 0.1) is 0 Å². The maximum atomic E-state index is 2.12. The maximum absolute atomic E-state index is 2.12. The van der Waals surface area contributed by atoms with Crippen molar-refractivity contribution in [3.05, 3.63) is 35.4 Å². The van der Waals surface area contributed by atoms with Crippen LogP contribution in [0.15, 0.2) is 24.3 Å². The molecule has 9 heavy (non-hydrogen) atoms. The fourth-order valence-electron chi connectivity index (χ4n) is 0.898. The highest BCUT2D eigenvalue weighted by molar-refractivity contribution is 5.85. The molecule has 1 aromatic rings.